The van der Waals surface area contributed by atoms with Crippen molar-refractivity contribution in [3.05, 3.63) is 32.3 Å². The number of halogens is 2. The van der Waals surface area contributed by atoms with Crippen molar-refractivity contribution >= 4 is 40.9 Å². The van der Waals surface area contributed by atoms with Gasteiger partial charge in [0.05, 0.1) is 22.0 Å². The van der Waals surface area contributed by atoms with Crippen LogP contribution in [0.2, 0.25) is 10.0 Å². The Labute approximate surface area is 101 Å². The second kappa shape index (κ2) is 5.44. The molecular weight excluding hydrogens is 261 g/mol. The van der Waals surface area contributed by atoms with Gasteiger partial charge in [-0.1, -0.05) is 30.1 Å². The van der Waals surface area contributed by atoms with E-state index in [9.17, 15) is 10.1 Å². The molecule has 0 N–H and O–H groups in total. The summed E-state index contributed by atoms with van der Waals surface area (Å²) in [6.07, 6.45) is 0. The van der Waals surface area contributed by atoms with E-state index in [1.54, 1.807) is 0 Å². The average Bonchev–Trinajstić information content (AvgIpc) is 2.15. The molecule has 0 saturated heterocycles. The molecule has 15 heavy (non-hydrogen) atoms. The summed E-state index contributed by atoms with van der Waals surface area (Å²) in [6.45, 7) is 1.86. The highest BCUT2D eigenvalue weighted by Crippen LogP contribution is 2.39. The van der Waals surface area contributed by atoms with E-state index >= 15 is 0 Å². The molecule has 1 rings (SSSR count). The average molecular weight is 268 g/mol. The van der Waals surface area contributed by atoms with Gasteiger partial charge in [-0.25, -0.2) is 0 Å². The van der Waals surface area contributed by atoms with E-state index in [1.807, 2.05) is 6.92 Å². The number of nitro groups is 1. The van der Waals surface area contributed by atoms with E-state index in [1.165, 1.54) is 12.1 Å². The van der Waals surface area contributed by atoms with Gasteiger partial charge in [0.1, 0.15) is 0 Å². The molecule has 0 aliphatic heterocycles. The summed E-state index contributed by atoms with van der Waals surface area (Å²) < 4.78 is 5.12. The van der Waals surface area contributed by atoms with Crippen LogP contribution in [0.15, 0.2) is 12.1 Å². The largest absolute Gasteiger partial charge is 0.417 e. The summed E-state index contributed by atoms with van der Waals surface area (Å²) in [5.41, 5.74) is -0.228. The van der Waals surface area contributed by atoms with Gasteiger partial charge in [0, 0.05) is 16.8 Å². The molecule has 0 aromatic heterocycles. The molecule has 1 aromatic carbocycles. The van der Waals surface area contributed by atoms with E-state index in [2.05, 4.69) is 0 Å². The Balaban J connectivity index is 3.15. The second-order valence-corrected chi connectivity index (χ2v) is 4.31. The number of nitro benzene ring substituents is 1. The fraction of sp³-hybridized carbons (Fsp3) is 0.250. The van der Waals surface area contributed by atoms with Crippen molar-refractivity contribution in [2.24, 2.45) is 0 Å². The van der Waals surface area contributed by atoms with Crippen molar-refractivity contribution in [3.63, 3.8) is 0 Å². The SMILES string of the molecule is CCSOc1c(Cl)cc(Cl)cc1[N+](=O)[O-]. The smallest absolute Gasteiger partial charge is 0.315 e. The third-order valence-electron chi connectivity index (χ3n) is 1.45. The zero-order valence-electron chi connectivity index (χ0n) is 7.70. The lowest BCUT2D eigenvalue weighted by Crippen LogP contribution is -1.93. The molecule has 0 bridgehead atoms. The lowest BCUT2D eigenvalue weighted by molar-refractivity contribution is -0.385. The number of rotatable bonds is 4. The van der Waals surface area contributed by atoms with Crippen molar-refractivity contribution in [1.82, 2.24) is 0 Å². The minimum absolute atomic E-state index is 0.0397. The number of nitrogens with zero attached hydrogens (tertiary/aromatic N) is 1. The first-order chi connectivity index (χ1) is 7.06. The van der Waals surface area contributed by atoms with Crippen LogP contribution < -0.4 is 4.18 Å². The van der Waals surface area contributed by atoms with Gasteiger partial charge in [-0.05, 0) is 6.07 Å². The highest BCUT2D eigenvalue weighted by atomic mass is 35.5. The van der Waals surface area contributed by atoms with E-state index < -0.39 is 4.92 Å². The first-order valence-electron chi connectivity index (χ1n) is 3.99. The number of hydrogen-bond donors (Lipinski definition) is 0. The quantitative estimate of drug-likeness (QED) is 0.471. The zero-order chi connectivity index (χ0) is 11.4. The van der Waals surface area contributed by atoms with Crippen molar-refractivity contribution in [3.8, 4) is 5.75 Å². The van der Waals surface area contributed by atoms with Crippen molar-refractivity contribution < 1.29 is 9.11 Å². The van der Waals surface area contributed by atoms with Crippen LogP contribution in [0.25, 0.3) is 0 Å². The third-order valence-corrected chi connectivity index (χ3v) is 2.46. The monoisotopic (exact) mass is 267 g/mol. The standard InChI is InChI=1S/C8H7Cl2NO3S/c1-2-15-14-8-6(10)3-5(9)4-7(8)11(12)13/h3-4H,2H2,1H3. The normalized spacial score (nSPS) is 10.1. The van der Waals surface area contributed by atoms with E-state index in [4.69, 9.17) is 27.4 Å². The van der Waals surface area contributed by atoms with Gasteiger partial charge in [0.15, 0.2) is 0 Å². The Morgan fingerprint density at radius 2 is 2.20 bits per heavy atom. The molecule has 0 aliphatic carbocycles. The molecule has 0 fully saturated rings. The molecule has 0 amide bonds. The molecule has 1 aromatic rings. The van der Waals surface area contributed by atoms with Gasteiger partial charge in [-0.3, -0.25) is 10.1 Å². The summed E-state index contributed by atoms with van der Waals surface area (Å²) in [7, 11) is 0. The van der Waals surface area contributed by atoms with Crippen LogP contribution in [-0.2, 0) is 0 Å². The molecule has 0 spiro atoms. The fourth-order valence-corrected chi connectivity index (χ4v) is 1.86. The van der Waals surface area contributed by atoms with Crippen molar-refractivity contribution in [2.75, 3.05) is 5.75 Å². The van der Waals surface area contributed by atoms with Crippen LogP contribution >= 0.6 is 35.2 Å². The molecule has 0 aliphatic rings. The molecule has 0 heterocycles. The first-order valence-corrected chi connectivity index (χ1v) is 5.65. The molecule has 82 valence electrons. The Hall–Kier alpha value is -0.650. The van der Waals surface area contributed by atoms with Crippen LogP contribution in [0.5, 0.6) is 5.75 Å². The third kappa shape index (κ3) is 3.15. The van der Waals surface area contributed by atoms with E-state index in [0.717, 1.165) is 12.0 Å². The van der Waals surface area contributed by atoms with Crippen LogP contribution in [0, 0.1) is 10.1 Å². The lowest BCUT2D eigenvalue weighted by Gasteiger charge is -2.05. The topological polar surface area (TPSA) is 52.4 Å². The maximum Gasteiger partial charge on any atom is 0.315 e. The Kier molecular flexibility index (Phi) is 4.50. The predicted molar refractivity (Wildman–Crippen MR) is 61.9 cm³/mol. The van der Waals surface area contributed by atoms with Gasteiger partial charge in [0.25, 0.3) is 0 Å². The minimum Gasteiger partial charge on any atom is -0.417 e. The molecule has 0 saturated carbocycles. The van der Waals surface area contributed by atoms with E-state index in [-0.39, 0.29) is 21.5 Å². The summed E-state index contributed by atoms with van der Waals surface area (Å²) in [5, 5.41) is 11.0. The fourth-order valence-electron chi connectivity index (χ4n) is 0.883. The van der Waals surface area contributed by atoms with Crippen LogP contribution in [0.3, 0.4) is 0 Å². The van der Waals surface area contributed by atoms with Gasteiger partial charge in [-0.2, -0.15) is 0 Å². The summed E-state index contributed by atoms with van der Waals surface area (Å²) in [4.78, 5) is 10.1. The zero-order valence-corrected chi connectivity index (χ0v) is 10.0. The minimum atomic E-state index is -0.580. The van der Waals surface area contributed by atoms with Crippen molar-refractivity contribution in [2.45, 2.75) is 6.92 Å². The van der Waals surface area contributed by atoms with Gasteiger partial charge in [-0.15, -0.1) is 0 Å². The van der Waals surface area contributed by atoms with Gasteiger partial charge in [0.2, 0.25) is 5.75 Å². The Morgan fingerprint density at radius 1 is 1.53 bits per heavy atom. The molecule has 0 radical (unpaired) electrons. The Morgan fingerprint density at radius 3 is 2.73 bits per heavy atom. The predicted octanol–water partition coefficient (Wildman–Crippen LogP) is 3.95. The second-order valence-electron chi connectivity index (χ2n) is 2.48. The Bertz CT molecular complexity index is 386. The summed E-state index contributed by atoms with van der Waals surface area (Å²) in [5.74, 6) is 0.703. The summed E-state index contributed by atoms with van der Waals surface area (Å²) in [6, 6.07) is 2.61. The molecular formula is C8H7Cl2NO3S. The molecule has 0 atom stereocenters. The molecule has 4 nitrogen and oxygen atoms in total. The van der Waals surface area contributed by atoms with E-state index in [0.29, 0.717) is 5.75 Å². The van der Waals surface area contributed by atoms with Gasteiger partial charge >= 0.3 is 5.69 Å². The van der Waals surface area contributed by atoms with Crippen molar-refractivity contribution in [1.29, 1.82) is 0 Å². The highest BCUT2D eigenvalue weighted by molar-refractivity contribution is 7.94. The maximum absolute atomic E-state index is 10.7. The first kappa shape index (κ1) is 12.4. The highest BCUT2D eigenvalue weighted by Gasteiger charge is 2.20. The molecule has 7 heteroatoms. The molecule has 0 unspecified atom stereocenters. The maximum atomic E-state index is 10.7. The van der Waals surface area contributed by atoms with Crippen LogP contribution in [-0.4, -0.2) is 10.7 Å². The summed E-state index contributed by atoms with van der Waals surface area (Å²) >= 11 is 12.5. The number of benzene rings is 1. The van der Waals surface area contributed by atoms with Crippen LogP contribution in [0.1, 0.15) is 6.92 Å². The van der Waals surface area contributed by atoms with Crippen LogP contribution in [0.4, 0.5) is 5.69 Å². The number of hydrogen-bond acceptors (Lipinski definition) is 4. The van der Waals surface area contributed by atoms with Gasteiger partial charge < -0.3 is 4.18 Å². The lowest BCUT2D eigenvalue weighted by atomic mass is 10.3.